The van der Waals surface area contributed by atoms with Crippen LogP contribution in [0.2, 0.25) is 5.15 Å². The first kappa shape index (κ1) is 16.3. The number of rotatable bonds is 3. The molecule has 0 aromatic carbocycles. The molecule has 7 nitrogen and oxygen atoms in total. The van der Waals surface area contributed by atoms with Gasteiger partial charge in [0.2, 0.25) is 11.9 Å². The summed E-state index contributed by atoms with van der Waals surface area (Å²) in [7, 11) is 0. The maximum absolute atomic E-state index is 12.3. The van der Waals surface area contributed by atoms with Gasteiger partial charge in [-0.1, -0.05) is 11.6 Å². The second kappa shape index (κ2) is 7.31. The van der Waals surface area contributed by atoms with Crippen LogP contribution in [0, 0.1) is 0 Å². The van der Waals surface area contributed by atoms with Crippen molar-refractivity contribution >= 4 is 29.3 Å². The highest BCUT2D eigenvalue weighted by Crippen LogP contribution is 2.18. The predicted molar refractivity (Wildman–Crippen MR) is 90.5 cm³/mol. The standard InChI is InChI=1S/C15H23ClN6O/c16-12-10-13(19-15(17)18-12)21-8-6-20(7-9-21)11-14(23)22-4-2-1-3-5-22/h10H,1-9,11H2,(H2,17,18,19). The summed E-state index contributed by atoms with van der Waals surface area (Å²) in [4.78, 5) is 26.8. The van der Waals surface area contributed by atoms with Gasteiger partial charge in [-0.2, -0.15) is 4.98 Å². The summed E-state index contributed by atoms with van der Waals surface area (Å²) in [6, 6.07) is 1.73. The number of nitrogens with two attached hydrogens (primary N) is 1. The molecule has 0 unspecified atom stereocenters. The van der Waals surface area contributed by atoms with Crippen LogP contribution >= 0.6 is 11.6 Å². The lowest BCUT2D eigenvalue weighted by Crippen LogP contribution is -2.51. The van der Waals surface area contributed by atoms with Crippen molar-refractivity contribution in [2.75, 3.05) is 56.4 Å². The molecule has 3 rings (SSSR count). The number of piperidine rings is 1. The molecule has 3 heterocycles. The van der Waals surface area contributed by atoms with Crippen molar-refractivity contribution in [1.29, 1.82) is 0 Å². The van der Waals surface area contributed by atoms with Crippen LogP contribution in [0.1, 0.15) is 19.3 Å². The molecule has 1 amide bonds. The van der Waals surface area contributed by atoms with Gasteiger partial charge in [-0.3, -0.25) is 9.69 Å². The Morgan fingerprint density at radius 3 is 2.43 bits per heavy atom. The summed E-state index contributed by atoms with van der Waals surface area (Å²) in [6.07, 6.45) is 3.51. The Bertz CT molecular complexity index is 535. The Morgan fingerprint density at radius 1 is 1.09 bits per heavy atom. The number of anilines is 2. The fraction of sp³-hybridized carbons (Fsp3) is 0.667. The minimum Gasteiger partial charge on any atom is -0.368 e. The number of amides is 1. The molecule has 23 heavy (non-hydrogen) atoms. The highest BCUT2D eigenvalue weighted by molar-refractivity contribution is 6.29. The molecule has 126 valence electrons. The number of halogens is 1. The zero-order valence-electron chi connectivity index (χ0n) is 13.2. The minimum absolute atomic E-state index is 0.190. The fourth-order valence-corrected chi connectivity index (χ4v) is 3.34. The molecule has 1 aromatic heterocycles. The number of carbonyl (C=O) groups excluding carboxylic acids is 1. The van der Waals surface area contributed by atoms with E-state index >= 15 is 0 Å². The average molecular weight is 339 g/mol. The monoisotopic (exact) mass is 338 g/mol. The van der Waals surface area contributed by atoms with Gasteiger partial charge in [-0.15, -0.1) is 0 Å². The number of hydrogen-bond acceptors (Lipinski definition) is 6. The Balaban J connectivity index is 1.51. The van der Waals surface area contributed by atoms with Gasteiger partial charge in [0.05, 0.1) is 6.54 Å². The molecule has 0 bridgehead atoms. The van der Waals surface area contributed by atoms with E-state index < -0.39 is 0 Å². The molecule has 2 aliphatic heterocycles. The van der Waals surface area contributed by atoms with Crippen LogP contribution in [-0.2, 0) is 4.79 Å². The number of hydrogen-bond donors (Lipinski definition) is 1. The fourth-order valence-electron chi connectivity index (χ4n) is 3.15. The maximum Gasteiger partial charge on any atom is 0.236 e. The summed E-state index contributed by atoms with van der Waals surface area (Å²) in [5.41, 5.74) is 5.65. The molecular formula is C15H23ClN6O. The number of likely N-dealkylation sites (tertiary alicyclic amines) is 1. The van der Waals surface area contributed by atoms with Crippen LogP contribution in [0.25, 0.3) is 0 Å². The Labute approximate surface area is 141 Å². The van der Waals surface area contributed by atoms with E-state index in [9.17, 15) is 4.79 Å². The second-order valence-corrected chi connectivity index (χ2v) is 6.50. The quantitative estimate of drug-likeness (QED) is 0.823. The van der Waals surface area contributed by atoms with Crippen molar-refractivity contribution in [3.8, 4) is 0 Å². The van der Waals surface area contributed by atoms with Gasteiger partial charge >= 0.3 is 0 Å². The van der Waals surface area contributed by atoms with Gasteiger partial charge in [0.1, 0.15) is 11.0 Å². The molecule has 8 heteroatoms. The first-order chi connectivity index (χ1) is 11.1. The molecule has 2 N–H and O–H groups in total. The summed E-state index contributed by atoms with van der Waals surface area (Å²) in [5.74, 6) is 1.20. The van der Waals surface area contributed by atoms with Crippen LogP contribution in [-0.4, -0.2) is 71.5 Å². The van der Waals surface area contributed by atoms with Gasteiger partial charge in [-0.25, -0.2) is 4.98 Å². The van der Waals surface area contributed by atoms with E-state index in [2.05, 4.69) is 19.8 Å². The lowest BCUT2D eigenvalue weighted by molar-refractivity contribution is -0.133. The van der Waals surface area contributed by atoms with Crippen molar-refractivity contribution in [3.05, 3.63) is 11.2 Å². The van der Waals surface area contributed by atoms with Crippen molar-refractivity contribution in [3.63, 3.8) is 0 Å². The molecule has 1 aromatic rings. The Kier molecular flexibility index (Phi) is 5.17. The van der Waals surface area contributed by atoms with Crippen molar-refractivity contribution in [2.24, 2.45) is 0 Å². The number of aromatic nitrogens is 2. The molecule has 0 aliphatic carbocycles. The summed E-state index contributed by atoms with van der Waals surface area (Å²) < 4.78 is 0. The van der Waals surface area contributed by atoms with Crippen molar-refractivity contribution in [1.82, 2.24) is 19.8 Å². The molecule has 0 saturated carbocycles. The molecule has 0 atom stereocenters. The van der Waals surface area contributed by atoms with Gasteiger partial charge in [0, 0.05) is 45.3 Å². The normalized spacial score (nSPS) is 19.9. The summed E-state index contributed by atoms with van der Waals surface area (Å²) in [6.45, 7) is 5.62. The van der Waals surface area contributed by atoms with E-state index in [-0.39, 0.29) is 11.9 Å². The lowest BCUT2D eigenvalue weighted by atomic mass is 10.1. The van der Waals surface area contributed by atoms with E-state index in [1.807, 2.05) is 4.90 Å². The van der Waals surface area contributed by atoms with E-state index in [0.29, 0.717) is 11.7 Å². The van der Waals surface area contributed by atoms with Crippen molar-refractivity contribution in [2.45, 2.75) is 19.3 Å². The van der Waals surface area contributed by atoms with Gasteiger partial charge in [-0.05, 0) is 19.3 Å². The molecule has 0 spiro atoms. The smallest absolute Gasteiger partial charge is 0.236 e. The first-order valence-corrected chi connectivity index (χ1v) is 8.55. The van der Waals surface area contributed by atoms with Crippen LogP contribution in [0.3, 0.4) is 0 Å². The Hall–Kier alpha value is -1.60. The molecular weight excluding hydrogens is 316 g/mol. The average Bonchev–Trinajstić information content (AvgIpc) is 2.55. The van der Waals surface area contributed by atoms with Crippen molar-refractivity contribution < 1.29 is 4.79 Å². The molecule has 2 fully saturated rings. The Morgan fingerprint density at radius 2 is 1.78 bits per heavy atom. The van der Waals surface area contributed by atoms with Gasteiger partial charge in [0.25, 0.3) is 0 Å². The third-order valence-electron chi connectivity index (χ3n) is 4.46. The summed E-state index contributed by atoms with van der Waals surface area (Å²) in [5, 5.41) is 0.357. The maximum atomic E-state index is 12.3. The number of piperazine rings is 1. The topological polar surface area (TPSA) is 78.6 Å². The van der Waals surface area contributed by atoms with E-state index in [4.69, 9.17) is 17.3 Å². The number of nitrogens with zero attached hydrogens (tertiary/aromatic N) is 5. The highest BCUT2D eigenvalue weighted by Gasteiger charge is 2.23. The van der Waals surface area contributed by atoms with E-state index in [1.54, 1.807) is 6.07 Å². The van der Waals surface area contributed by atoms with Crippen LogP contribution in [0.15, 0.2) is 6.07 Å². The second-order valence-electron chi connectivity index (χ2n) is 6.11. The highest BCUT2D eigenvalue weighted by atomic mass is 35.5. The predicted octanol–water partition coefficient (Wildman–Crippen LogP) is 0.847. The molecule has 2 saturated heterocycles. The number of nitrogen functional groups attached to an aromatic ring is 1. The zero-order valence-corrected chi connectivity index (χ0v) is 14.0. The number of carbonyl (C=O) groups is 1. The lowest BCUT2D eigenvalue weighted by Gasteiger charge is -2.36. The zero-order chi connectivity index (χ0) is 16.2. The van der Waals surface area contributed by atoms with Crippen LogP contribution in [0.4, 0.5) is 11.8 Å². The molecule has 0 radical (unpaired) electrons. The van der Waals surface area contributed by atoms with E-state index in [1.165, 1.54) is 6.42 Å². The third-order valence-corrected chi connectivity index (χ3v) is 4.66. The third kappa shape index (κ3) is 4.23. The minimum atomic E-state index is 0.190. The van der Waals surface area contributed by atoms with Gasteiger partial charge < -0.3 is 15.5 Å². The van der Waals surface area contributed by atoms with Crippen LogP contribution in [0.5, 0.6) is 0 Å². The SMILES string of the molecule is Nc1nc(Cl)cc(N2CCN(CC(=O)N3CCCCC3)CC2)n1. The van der Waals surface area contributed by atoms with Gasteiger partial charge in [0.15, 0.2) is 0 Å². The van der Waals surface area contributed by atoms with E-state index in [0.717, 1.165) is 57.9 Å². The summed E-state index contributed by atoms with van der Waals surface area (Å²) >= 11 is 5.93. The molecule has 2 aliphatic rings. The van der Waals surface area contributed by atoms with Crippen LogP contribution < -0.4 is 10.6 Å². The largest absolute Gasteiger partial charge is 0.368 e. The first-order valence-electron chi connectivity index (χ1n) is 8.17.